The molecule has 0 atom stereocenters. The number of carbonyl (C=O) groups is 1. The molecule has 0 saturated carbocycles. The van der Waals surface area contributed by atoms with Crippen molar-refractivity contribution < 1.29 is 9.53 Å². The van der Waals surface area contributed by atoms with Crippen LogP contribution in [0.15, 0.2) is 67.0 Å². The summed E-state index contributed by atoms with van der Waals surface area (Å²) >= 11 is 0. The highest BCUT2D eigenvalue weighted by Crippen LogP contribution is 2.28. The van der Waals surface area contributed by atoms with Gasteiger partial charge in [-0.3, -0.25) is 14.2 Å². The van der Waals surface area contributed by atoms with Crippen molar-refractivity contribution in [3.05, 3.63) is 83.9 Å². The topological polar surface area (TPSA) is 68.5 Å². The Morgan fingerprint density at radius 1 is 1.10 bits per heavy atom. The number of carbonyl (C=O) groups excluding carboxylic acids is 1. The number of amides is 1. The van der Waals surface area contributed by atoms with Crippen LogP contribution in [0.3, 0.4) is 0 Å². The van der Waals surface area contributed by atoms with Crippen molar-refractivity contribution >= 4 is 11.6 Å². The Morgan fingerprint density at radius 3 is 2.67 bits per heavy atom. The molecule has 6 heteroatoms. The first-order valence-corrected chi connectivity index (χ1v) is 10.1. The zero-order valence-corrected chi connectivity index (χ0v) is 17.1. The Bertz CT molecular complexity index is 1150. The van der Waals surface area contributed by atoms with Crippen LogP contribution in [0.25, 0.3) is 16.9 Å². The number of pyridine rings is 2. The summed E-state index contributed by atoms with van der Waals surface area (Å²) in [5, 5.41) is 2.76. The monoisotopic (exact) mass is 400 g/mol. The number of ether oxygens (including phenoxy) is 1. The first-order chi connectivity index (χ1) is 14.7. The van der Waals surface area contributed by atoms with Crippen LogP contribution in [0.2, 0.25) is 0 Å². The van der Waals surface area contributed by atoms with E-state index in [-0.39, 0.29) is 5.91 Å². The molecule has 0 aliphatic carbocycles. The number of benzene rings is 1. The molecular formula is C24H24N4O2. The number of aryl methyl sites for hydroxylation is 1. The Morgan fingerprint density at radius 2 is 1.93 bits per heavy atom. The molecule has 1 N–H and O–H groups in total. The second-order valence-electron chi connectivity index (χ2n) is 6.99. The van der Waals surface area contributed by atoms with Crippen LogP contribution in [-0.4, -0.2) is 33.4 Å². The third kappa shape index (κ3) is 4.03. The van der Waals surface area contributed by atoms with E-state index in [2.05, 4.69) is 22.4 Å². The van der Waals surface area contributed by atoms with Crippen LogP contribution < -0.4 is 10.1 Å². The highest BCUT2D eigenvalue weighted by molar-refractivity contribution is 5.92. The predicted molar refractivity (Wildman–Crippen MR) is 117 cm³/mol. The molecule has 0 unspecified atom stereocenters. The number of hydrogen-bond acceptors (Lipinski definition) is 4. The van der Waals surface area contributed by atoms with Gasteiger partial charge in [-0.15, -0.1) is 0 Å². The number of nitrogens with one attached hydrogen (secondary N) is 1. The van der Waals surface area contributed by atoms with Crippen molar-refractivity contribution in [2.24, 2.45) is 0 Å². The standard InChI is InChI=1S/C24H24N4O2/c1-3-25-24(29)20-12-11-19(16-26-20)22-17(2)27-23-21(10-7-14-28(22)23)30-15-13-18-8-5-4-6-9-18/h4-12,14,16H,3,13,15H2,1-2H3,(H,25,29). The average Bonchev–Trinajstić information content (AvgIpc) is 3.11. The van der Waals surface area contributed by atoms with Crippen molar-refractivity contribution in [3.63, 3.8) is 0 Å². The molecule has 0 aliphatic heterocycles. The van der Waals surface area contributed by atoms with Crippen molar-refractivity contribution in [2.45, 2.75) is 20.3 Å². The largest absolute Gasteiger partial charge is 0.489 e. The van der Waals surface area contributed by atoms with E-state index in [1.54, 1.807) is 12.3 Å². The van der Waals surface area contributed by atoms with Gasteiger partial charge in [-0.25, -0.2) is 4.98 Å². The number of hydrogen-bond donors (Lipinski definition) is 1. The number of rotatable bonds is 7. The van der Waals surface area contributed by atoms with E-state index < -0.39 is 0 Å². The summed E-state index contributed by atoms with van der Waals surface area (Å²) < 4.78 is 8.06. The van der Waals surface area contributed by atoms with Crippen LogP contribution in [0, 0.1) is 6.92 Å². The summed E-state index contributed by atoms with van der Waals surface area (Å²) in [6.07, 6.45) is 4.51. The third-order valence-electron chi connectivity index (χ3n) is 4.89. The van der Waals surface area contributed by atoms with Gasteiger partial charge in [0.2, 0.25) is 0 Å². The SMILES string of the molecule is CCNC(=O)c1ccc(-c2c(C)nc3c(OCCc4ccccc4)cccn23)cn1. The Hall–Kier alpha value is -3.67. The van der Waals surface area contributed by atoms with Gasteiger partial charge in [0.15, 0.2) is 11.4 Å². The lowest BCUT2D eigenvalue weighted by molar-refractivity contribution is 0.0951. The van der Waals surface area contributed by atoms with Crippen LogP contribution in [-0.2, 0) is 6.42 Å². The molecule has 0 bridgehead atoms. The van der Waals surface area contributed by atoms with E-state index in [4.69, 9.17) is 9.72 Å². The molecule has 0 saturated heterocycles. The van der Waals surface area contributed by atoms with Crippen LogP contribution in [0.4, 0.5) is 0 Å². The van der Waals surface area contributed by atoms with Crippen molar-refractivity contribution in [1.29, 1.82) is 0 Å². The van der Waals surface area contributed by atoms with E-state index in [0.717, 1.165) is 34.8 Å². The number of nitrogens with zero attached hydrogens (tertiary/aromatic N) is 3. The van der Waals surface area contributed by atoms with E-state index >= 15 is 0 Å². The van der Waals surface area contributed by atoms with E-state index in [1.165, 1.54) is 5.56 Å². The molecule has 0 radical (unpaired) electrons. The lowest BCUT2D eigenvalue weighted by atomic mass is 10.1. The molecule has 1 aromatic carbocycles. The molecule has 6 nitrogen and oxygen atoms in total. The third-order valence-corrected chi connectivity index (χ3v) is 4.89. The zero-order valence-electron chi connectivity index (χ0n) is 17.1. The molecule has 3 aromatic heterocycles. The summed E-state index contributed by atoms with van der Waals surface area (Å²) in [6.45, 7) is 5.00. The second kappa shape index (κ2) is 8.78. The molecule has 1 amide bonds. The highest BCUT2D eigenvalue weighted by atomic mass is 16.5. The van der Waals surface area contributed by atoms with Gasteiger partial charge in [0.1, 0.15) is 5.69 Å². The number of fused-ring (bicyclic) bond motifs is 1. The van der Waals surface area contributed by atoms with E-state index in [1.807, 2.05) is 60.8 Å². The summed E-state index contributed by atoms with van der Waals surface area (Å²) in [5.41, 5.74) is 5.12. The molecule has 0 fully saturated rings. The number of aromatic nitrogens is 3. The van der Waals surface area contributed by atoms with Gasteiger partial charge in [0, 0.05) is 30.9 Å². The van der Waals surface area contributed by atoms with E-state index in [0.29, 0.717) is 18.8 Å². The van der Waals surface area contributed by atoms with Crippen LogP contribution >= 0.6 is 0 Å². The van der Waals surface area contributed by atoms with Gasteiger partial charge in [-0.1, -0.05) is 30.3 Å². The lowest BCUT2D eigenvalue weighted by Crippen LogP contribution is -2.23. The summed E-state index contributed by atoms with van der Waals surface area (Å²) in [6, 6.07) is 17.8. The maximum atomic E-state index is 12.0. The Labute approximate surface area is 175 Å². The van der Waals surface area contributed by atoms with Crippen LogP contribution in [0.1, 0.15) is 28.7 Å². The van der Waals surface area contributed by atoms with Gasteiger partial charge in [-0.2, -0.15) is 0 Å². The van der Waals surface area contributed by atoms with Crippen LogP contribution in [0.5, 0.6) is 5.75 Å². The second-order valence-corrected chi connectivity index (χ2v) is 6.99. The van der Waals surface area contributed by atoms with Crippen molar-refractivity contribution in [2.75, 3.05) is 13.2 Å². The summed E-state index contributed by atoms with van der Waals surface area (Å²) in [5.74, 6) is 0.572. The minimum absolute atomic E-state index is 0.173. The first-order valence-electron chi connectivity index (χ1n) is 10.1. The lowest BCUT2D eigenvalue weighted by Gasteiger charge is -2.09. The zero-order chi connectivity index (χ0) is 20.9. The van der Waals surface area contributed by atoms with E-state index in [9.17, 15) is 4.79 Å². The van der Waals surface area contributed by atoms with Gasteiger partial charge >= 0.3 is 0 Å². The van der Waals surface area contributed by atoms with Crippen molar-refractivity contribution in [1.82, 2.24) is 19.7 Å². The molecule has 3 heterocycles. The fraction of sp³-hybridized carbons (Fsp3) is 0.208. The minimum Gasteiger partial charge on any atom is -0.489 e. The molecule has 4 rings (SSSR count). The maximum Gasteiger partial charge on any atom is 0.269 e. The highest BCUT2D eigenvalue weighted by Gasteiger charge is 2.15. The summed E-state index contributed by atoms with van der Waals surface area (Å²) in [4.78, 5) is 21.0. The fourth-order valence-electron chi connectivity index (χ4n) is 3.46. The Balaban J connectivity index is 1.59. The van der Waals surface area contributed by atoms with Gasteiger partial charge < -0.3 is 10.1 Å². The predicted octanol–water partition coefficient (Wildman–Crippen LogP) is 4.08. The molecular weight excluding hydrogens is 376 g/mol. The van der Waals surface area contributed by atoms with Gasteiger partial charge in [0.05, 0.1) is 18.0 Å². The minimum atomic E-state index is -0.173. The van der Waals surface area contributed by atoms with Gasteiger partial charge in [0.25, 0.3) is 5.91 Å². The Kier molecular flexibility index (Phi) is 5.75. The van der Waals surface area contributed by atoms with Crippen molar-refractivity contribution in [3.8, 4) is 17.0 Å². The quantitative estimate of drug-likeness (QED) is 0.508. The molecule has 30 heavy (non-hydrogen) atoms. The molecule has 0 spiro atoms. The van der Waals surface area contributed by atoms with Gasteiger partial charge in [-0.05, 0) is 43.7 Å². The molecule has 4 aromatic rings. The summed E-state index contributed by atoms with van der Waals surface area (Å²) in [7, 11) is 0. The normalized spacial score (nSPS) is 10.9. The number of imidazole rings is 1. The molecule has 0 aliphatic rings. The molecule has 152 valence electrons. The smallest absolute Gasteiger partial charge is 0.269 e. The maximum absolute atomic E-state index is 12.0. The average molecular weight is 400 g/mol. The first kappa shape index (κ1) is 19.6. The fourth-order valence-corrected chi connectivity index (χ4v) is 3.46.